The number of non-ortho nitro benzene ring substituents is 1. The van der Waals surface area contributed by atoms with Crippen LogP contribution in [0.15, 0.2) is 24.3 Å². The number of halogens is 1. The maximum atomic E-state index is 10.5. The average Bonchev–Trinajstić information content (AvgIpc) is 2.83. The highest BCUT2D eigenvalue weighted by atomic mass is 35.5. The zero-order valence-electron chi connectivity index (χ0n) is 9.64. The fourth-order valence-corrected chi connectivity index (χ4v) is 2.89. The molecule has 0 amide bonds. The summed E-state index contributed by atoms with van der Waals surface area (Å²) in [6.45, 7) is 0. The van der Waals surface area contributed by atoms with Crippen LogP contribution >= 0.6 is 11.6 Å². The molecule has 0 bridgehead atoms. The Morgan fingerprint density at radius 2 is 1.88 bits per heavy atom. The van der Waals surface area contributed by atoms with E-state index in [4.69, 9.17) is 11.6 Å². The Labute approximate surface area is 106 Å². The van der Waals surface area contributed by atoms with Gasteiger partial charge >= 0.3 is 0 Å². The summed E-state index contributed by atoms with van der Waals surface area (Å²) in [7, 11) is 0. The normalized spacial score (nSPS) is 18.2. The Bertz CT molecular complexity index is 385. The average molecular weight is 254 g/mol. The second-order valence-corrected chi connectivity index (χ2v) is 5.25. The van der Waals surface area contributed by atoms with Gasteiger partial charge in [0.25, 0.3) is 5.69 Å². The van der Waals surface area contributed by atoms with Gasteiger partial charge in [0, 0.05) is 17.5 Å². The van der Waals surface area contributed by atoms with E-state index >= 15 is 0 Å². The van der Waals surface area contributed by atoms with Crippen LogP contribution < -0.4 is 0 Å². The summed E-state index contributed by atoms with van der Waals surface area (Å²) in [5.41, 5.74) is 1.23. The number of nitro benzene ring substituents is 1. The van der Waals surface area contributed by atoms with Crippen molar-refractivity contribution in [1.29, 1.82) is 0 Å². The molecule has 0 spiro atoms. The van der Waals surface area contributed by atoms with Gasteiger partial charge in [0.05, 0.1) is 4.92 Å². The number of hydrogen-bond donors (Lipinski definition) is 0. The van der Waals surface area contributed by atoms with Crippen molar-refractivity contribution in [3.63, 3.8) is 0 Å². The molecule has 17 heavy (non-hydrogen) atoms. The van der Waals surface area contributed by atoms with Crippen molar-refractivity contribution < 1.29 is 4.92 Å². The molecule has 1 aliphatic rings. The SMILES string of the molecule is O=[N+]([O-])c1ccc(CC(Cl)C2CCCC2)cc1. The third-order valence-corrected chi connectivity index (χ3v) is 4.00. The maximum absolute atomic E-state index is 10.5. The van der Waals surface area contributed by atoms with E-state index in [0.29, 0.717) is 5.92 Å². The highest BCUT2D eigenvalue weighted by molar-refractivity contribution is 6.20. The van der Waals surface area contributed by atoms with Crippen molar-refractivity contribution in [3.05, 3.63) is 39.9 Å². The first kappa shape index (κ1) is 12.4. The third-order valence-electron chi connectivity index (χ3n) is 3.49. The molecule has 3 nitrogen and oxygen atoms in total. The van der Waals surface area contributed by atoms with Crippen LogP contribution in [0.2, 0.25) is 0 Å². The molecule has 1 saturated carbocycles. The Morgan fingerprint density at radius 3 is 2.41 bits per heavy atom. The summed E-state index contributed by atoms with van der Waals surface area (Å²) in [6.07, 6.45) is 5.83. The first-order valence-corrected chi connectivity index (χ1v) is 6.48. The molecule has 0 aliphatic heterocycles. The van der Waals surface area contributed by atoms with E-state index in [1.807, 2.05) is 12.1 Å². The molecule has 2 rings (SSSR count). The van der Waals surface area contributed by atoms with Gasteiger partial charge in [-0.25, -0.2) is 0 Å². The van der Waals surface area contributed by atoms with Crippen LogP contribution in [0, 0.1) is 16.0 Å². The quantitative estimate of drug-likeness (QED) is 0.463. The third kappa shape index (κ3) is 3.19. The van der Waals surface area contributed by atoms with Crippen molar-refractivity contribution in [2.75, 3.05) is 0 Å². The molecule has 0 aromatic heterocycles. The molecule has 1 atom stereocenters. The van der Waals surface area contributed by atoms with Crippen LogP contribution in [0.3, 0.4) is 0 Å². The Morgan fingerprint density at radius 1 is 1.29 bits per heavy atom. The fraction of sp³-hybridized carbons (Fsp3) is 0.538. The lowest BCUT2D eigenvalue weighted by atomic mass is 9.97. The zero-order chi connectivity index (χ0) is 12.3. The number of nitrogens with zero attached hydrogens (tertiary/aromatic N) is 1. The van der Waals surface area contributed by atoms with E-state index in [-0.39, 0.29) is 16.0 Å². The van der Waals surface area contributed by atoms with E-state index < -0.39 is 0 Å². The van der Waals surface area contributed by atoms with E-state index in [1.54, 1.807) is 12.1 Å². The lowest BCUT2D eigenvalue weighted by Crippen LogP contribution is -2.14. The van der Waals surface area contributed by atoms with Crippen LogP contribution in [0.25, 0.3) is 0 Å². The second kappa shape index (κ2) is 5.50. The van der Waals surface area contributed by atoms with Crippen LogP contribution in [0.1, 0.15) is 31.2 Å². The van der Waals surface area contributed by atoms with Gasteiger partial charge < -0.3 is 0 Å². The van der Waals surface area contributed by atoms with Gasteiger partial charge in [0.2, 0.25) is 0 Å². The monoisotopic (exact) mass is 253 g/mol. The van der Waals surface area contributed by atoms with Crippen LogP contribution in [0.5, 0.6) is 0 Å². The number of hydrogen-bond acceptors (Lipinski definition) is 2. The van der Waals surface area contributed by atoms with Crippen LogP contribution in [0.4, 0.5) is 5.69 Å². The largest absolute Gasteiger partial charge is 0.269 e. The van der Waals surface area contributed by atoms with E-state index in [1.165, 1.54) is 25.7 Å². The zero-order valence-corrected chi connectivity index (χ0v) is 10.4. The van der Waals surface area contributed by atoms with E-state index in [9.17, 15) is 10.1 Å². The number of alkyl halides is 1. The predicted octanol–water partition coefficient (Wildman–Crippen LogP) is 3.93. The number of rotatable bonds is 4. The van der Waals surface area contributed by atoms with E-state index in [2.05, 4.69) is 0 Å². The minimum atomic E-state index is -0.376. The summed E-state index contributed by atoms with van der Waals surface area (Å²) in [5, 5.41) is 10.7. The van der Waals surface area contributed by atoms with Crippen molar-refractivity contribution in [1.82, 2.24) is 0 Å². The Balaban J connectivity index is 1.96. The molecule has 1 aromatic rings. The highest BCUT2D eigenvalue weighted by Crippen LogP contribution is 2.32. The molecule has 0 saturated heterocycles. The maximum Gasteiger partial charge on any atom is 0.269 e. The standard InChI is InChI=1S/C13H16ClNO2/c14-13(11-3-1-2-4-11)9-10-5-7-12(8-6-10)15(16)17/h5-8,11,13H,1-4,9H2. The first-order valence-electron chi connectivity index (χ1n) is 6.04. The van der Waals surface area contributed by atoms with Crippen LogP contribution in [-0.2, 0) is 6.42 Å². The molecule has 1 unspecified atom stereocenters. The lowest BCUT2D eigenvalue weighted by Gasteiger charge is -2.16. The molecular formula is C13H16ClNO2. The van der Waals surface area contributed by atoms with Gasteiger partial charge in [0.1, 0.15) is 0 Å². The fourth-order valence-electron chi connectivity index (χ4n) is 2.46. The molecule has 1 fully saturated rings. The minimum absolute atomic E-state index is 0.140. The van der Waals surface area contributed by atoms with Gasteiger partial charge in [-0.2, -0.15) is 0 Å². The van der Waals surface area contributed by atoms with Gasteiger partial charge in [-0.05, 0) is 30.7 Å². The molecular weight excluding hydrogens is 238 g/mol. The van der Waals surface area contributed by atoms with E-state index in [0.717, 1.165) is 12.0 Å². The molecule has 92 valence electrons. The molecule has 4 heteroatoms. The number of benzene rings is 1. The second-order valence-electron chi connectivity index (χ2n) is 4.69. The smallest absolute Gasteiger partial charge is 0.258 e. The lowest BCUT2D eigenvalue weighted by molar-refractivity contribution is -0.384. The first-order chi connectivity index (χ1) is 8.16. The summed E-state index contributed by atoms with van der Waals surface area (Å²) in [6, 6.07) is 6.71. The Hall–Kier alpha value is -1.09. The van der Waals surface area contributed by atoms with Gasteiger partial charge in [-0.15, -0.1) is 11.6 Å². The van der Waals surface area contributed by atoms with Gasteiger partial charge in [0.15, 0.2) is 0 Å². The van der Waals surface area contributed by atoms with Crippen molar-refractivity contribution in [2.24, 2.45) is 5.92 Å². The predicted molar refractivity (Wildman–Crippen MR) is 68.4 cm³/mol. The van der Waals surface area contributed by atoms with Crippen LogP contribution in [-0.4, -0.2) is 10.3 Å². The summed E-state index contributed by atoms with van der Waals surface area (Å²) in [5.74, 6) is 0.617. The molecule has 1 aromatic carbocycles. The summed E-state index contributed by atoms with van der Waals surface area (Å²) in [4.78, 5) is 10.1. The van der Waals surface area contributed by atoms with Crippen molar-refractivity contribution in [3.8, 4) is 0 Å². The highest BCUT2D eigenvalue weighted by Gasteiger charge is 2.23. The molecule has 0 heterocycles. The molecule has 1 aliphatic carbocycles. The van der Waals surface area contributed by atoms with Crippen molar-refractivity contribution >= 4 is 17.3 Å². The number of nitro groups is 1. The molecule has 0 radical (unpaired) electrons. The summed E-state index contributed by atoms with van der Waals surface area (Å²) >= 11 is 6.39. The molecule has 0 N–H and O–H groups in total. The van der Waals surface area contributed by atoms with Gasteiger partial charge in [-0.1, -0.05) is 25.0 Å². The Kier molecular flexibility index (Phi) is 4.00. The van der Waals surface area contributed by atoms with Gasteiger partial charge in [-0.3, -0.25) is 10.1 Å². The van der Waals surface area contributed by atoms with Crippen molar-refractivity contribution in [2.45, 2.75) is 37.5 Å². The minimum Gasteiger partial charge on any atom is -0.258 e. The summed E-state index contributed by atoms with van der Waals surface area (Å²) < 4.78 is 0. The topological polar surface area (TPSA) is 43.1 Å².